The highest BCUT2D eigenvalue weighted by molar-refractivity contribution is 5.98. The van der Waals surface area contributed by atoms with E-state index in [-0.39, 0.29) is 12.0 Å². The second-order valence-electron chi connectivity index (χ2n) is 4.54. The molecule has 0 bridgehead atoms. The summed E-state index contributed by atoms with van der Waals surface area (Å²) in [5, 5.41) is 4.07. The largest absolute Gasteiger partial charge is 0.417 e. The molecule has 0 fully saturated rings. The molecule has 2 rings (SSSR count). The number of carbonyl (C=O) groups is 1. The lowest BCUT2D eigenvalue weighted by molar-refractivity contribution is -0.137. The summed E-state index contributed by atoms with van der Waals surface area (Å²) in [6.07, 6.45) is -4.64. The number of carbonyl (C=O) groups excluding carboxylic acids is 1. The van der Waals surface area contributed by atoms with Gasteiger partial charge in [0.15, 0.2) is 5.78 Å². The van der Waals surface area contributed by atoms with Crippen LogP contribution in [0, 0.1) is 6.92 Å². The molecule has 0 aliphatic carbocycles. The van der Waals surface area contributed by atoms with Gasteiger partial charge in [-0.3, -0.25) is 9.48 Å². The standard InChI is InChI=1S/C14H13F3N2O/c1-9-7-10(19(2)18-9)8-13(20)11-5-3-4-6-12(11)14(15,16)17/h3-7H,8H2,1-2H3. The first-order valence-corrected chi connectivity index (χ1v) is 5.98. The Morgan fingerprint density at radius 3 is 2.50 bits per heavy atom. The molecular formula is C14H13F3N2O. The number of benzene rings is 1. The van der Waals surface area contributed by atoms with Crippen LogP contribution in [0.5, 0.6) is 0 Å². The zero-order chi connectivity index (χ0) is 14.9. The van der Waals surface area contributed by atoms with Crippen LogP contribution in [0.15, 0.2) is 30.3 Å². The summed E-state index contributed by atoms with van der Waals surface area (Å²) < 4.78 is 40.1. The number of halogens is 3. The first-order valence-electron chi connectivity index (χ1n) is 5.98. The Balaban J connectivity index is 2.33. The molecule has 0 atom stereocenters. The topological polar surface area (TPSA) is 34.9 Å². The Hall–Kier alpha value is -2.11. The van der Waals surface area contributed by atoms with E-state index in [0.717, 1.165) is 11.8 Å². The van der Waals surface area contributed by atoms with Crippen molar-refractivity contribution >= 4 is 5.78 Å². The van der Waals surface area contributed by atoms with Crippen molar-refractivity contribution in [2.24, 2.45) is 7.05 Å². The van der Waals surface area contributed by atoms with E-state index in [1.54, 1.807) is 20.0 Å². The maximum Gasteiger partial charge on any atom is 0.417 e. The summed E-state index contributed by atoms with van der Waals surface area (Å²) in [5.74, 6) is -0.569. The van der Waals surface area contributed by atoms with Crippen LogP contribution in [-0.2, 0) is 19.6 Å². The van der Waals surface area contributed by atoms with Crippen molar-refractivity contribution in [1.82, 2.24) is 9.78 Å². The van der Waals surface area contributed by atoms with Gasteiger partial charge in [0.05, 0.1) is 17.7 Å². The van der Waals surface area contributed by atoms with Crippen LogP contribution in [-0.4, -0.2) is 15.6 Å². The van der Waals surface area contributed by atoms with Crippen molar-refractivity contribution in [3.8, 4) is 0 Å². The molecule has 0 saturated heterocycles. The predicted octanol–water partition coefficient (Wildman–Crippen LogP) is 3.17. The molecule has 0 saturated carbocycles. The SMILES string of the molecule is Cc1cc(CC(=O)c2ccccc2C(F)(F)F)n(C)n1. The molecule has 0 aliphatic heterocycles. The van der Waals surface area contributed by atoms with Crippen LogP contribution in [0.1, 0.15) is 27.3 Å². The van der Waals surface area contributed by atoms with Gasteiger partial charge in [-0.1, -0.05) is 18.2 Å². The zero-order valence-corrected chi connectivity index (χ0v) is 11.0. The van der Waals surface area contributed by atoms with Crippen molar-refractivity contribution in [2.75, 3.05) is 0 Å². The predicted molar refractivity (Wildman–Crippen MR) is 67.4 cm³/mol. The molecule has 0 N–H and O–H groups in total. The number of Topliss-reactive ketones (excluding diaryl/α,β-unsaturated/α-hetero) is 1. The van der Waals surface area contributed by atoms with Gasteiger partial charge in [0.1, 0.15) is 0 Å². The lowest BCUT2D eigenvalue weighted by Gasteiger charge is -2.11. The minimum Gasteiger partial charge on any atom is -0.294 e. The molecule has 0 aliphatic rings. The monoisotopic (exact) mass is 282 g/mol. The fourth-order valence-corrected chi connectivity index (χ4v) is 2.06. The van der Waals surface area contributed by atoms with Gasteiger partial charge in [0.2, 0.25) is 0 Å². The molecule has 106 valence electrons. The minimum absolute atomic E-state index is 0.107. The van der Waals surface area contributed by atoms with Crippen LogP contribution < -0.4 is 0 Å². The van der Waals surface area contributed by atoms with E-state index in [2.05, 4.69) is 5.10 Å². The molecule has 0 amide bonds. The molecule has 1 aromatic carbocycles. The van der Waals surface area contributed by atoms with E-state index in [1.807, 2.05) is 0 Å². The number of hydrogen-bond acceptors (Lipinski definition) is 2. The highest BCUT2D eigenvalue weighted by atomic mass is 19.4. The number of ketones is 1. The van der Waals surface area contributed by atoms with Crippen molar-refractivity contribution in [3.05, 3.63) is 52.8 Å². The van der Waals surface area contributed by atoms with Gasteiger partial charge in [0, 0.05) is 18.3 Å². The van der Waals surface area contributed by atoms with E-state index < -0.39 is 17.5 Å². The van der Waals surface area contributed by atoms with E-state index in [1.165, 1.54) is 22.9 Å². The summed E-state index contributed by atoms with van der Waals surface area (Å²) in [6, 6.07) is 6.51. The van der Waals surface area contributed by atoms with Gasteiger partial charge in [-0.25, -0.2) is 0 Å². The molecule has 20 heavy (non-hydrogen) atoms. The Morgan fingerprint density at radius 2 is 1.95 bits per heavy atom. The number of aryl methyl sites for hydroxylation is 2. The van der Waals surface area contributed by atoms with E-state index in [4.69, 9.17) is 0 Å². The maximum absolute atomic E-state index is 12.9. The molecule has 3 nitrogen and oxygen atoms in total. The molecule has 0 radical (unpaired) electrons. The molecule has 6 heteroatoms. The zero-order valence-electron chi connectivity index (χ0n) is 11.0. The van der Waals surface area contributed by atoms with Gasteiger partial charge >= 0.3 is 6.18 Å². The van der Waals surface area contributed by atoms with Crippen molar-refractivity contribution in [2.45, 2.75) is 19.5 Å². The van der Waals surface area contributed by atoms with Gasteiger partial charge in [-0.15, -0.1) is 0 Å². The number of alkyl halides is 3. The van der Waals surface area contributed by atoms with Crippen molar-refractivity contribution in [3.63, 3.8) is 0 Å². The fraction of sp³-hybridized carbons (Fsp3) is 0.286. The number of rotatable bonds is 3. The van der Waals surface area contributed by atoms with Gasteiger partial charge < -0.3 is 0 Å². The number of hydrogen-bond donors (Lipinski definition) is 0. The van der Waals surface area contributed by atoms with Gasteiger partial charge in [0.25, 0.3) is 0 Å². The first kappa shape index (κ1) is 14.3. The highest BCUT2D eigenvalue weighted by Gasteiger charge is 2.34. The third-order valence-corrected chi connectivity index (χ3v) is 2.97. The number of aromatic nitrogens is 2. The lowest BCUT2D eigenvalue weighted by Crippen LogP contribution is -2.15. The van der Waals surface area contributed by atoms with Crippen LogP contribution in [0.3, 0.4) is 0 Å². The summed E-state index contributed by atoms with van der Waals surface area (Å²) in [7, 11) is 1.66. The van der Waals surface area contributed by atoms with Crippen molar-refractivity contribution < 1.29 is 18.0 Å². The molecular weight excluding hydrogens is 269 g/mol. The van der Waals surface area contributed by atoms with Crippen LogP contribution in [0.25, 0.3) is 0 Å². The Bertz CT molecular complexity index is 644. The average molecular weight is 282 g/mol. The smallest absolute Gasteiger partial charge is 0.294 e. The second-order valence-corrected chi connectivity index (χ2v) is 4.54. The second kappa shape index (κ2) is 5.11. The van der Waals surface area contributed by atoms with E-state index >= 15 is 0 Å². The maximum atomic E-state index is 12.9. The summed E-state index contributed by atoms with van der Waals surface area (Å²) in [5.41, 5.74) is 0.103. The molecule has 1 heterocycles. The molecule has 0 spiro atoms. The summed E-state index contributed by atoms with van der Waals surface area (Å²) in [6.45, 7) is 1.76. The first-order chi connectivity index (χ1) is 9.29. The molecule has 2 aromatic rings. The molecule has 1 aromatic heterocycles. The quantitative estimate of drug-likeness (QED) is 0.810. The Labute approximate surface area is 114 Å². The number of nitrogens with zero attached hydrogens (tertiary/aromatic N) is 2. The van der Waals surface area contributed by atoms with Gasteiger partial charge in [-0.05, 0) is 19.1 Å². The third kappa shape index (κ3) is 2.89. The third-order valence-electron chi connectivity index (χ3n) is 2.97. The van der Waals surface area contributed by atoms with E-state index in [9.17, 15) is 18.0 Å². The summed E-state index contributed by atoms with van der Waals surface area (Å²) in [4.78, 5) is 12.1. The van der Waals surface area contributed by atoms with Crippen LogP contribution in [0.2, 0.25) is 0 Å². The molecule has 0 unspecified atom stereocenters. The average Bonchev–Trinajstić information content (AvgIpc) is 2.66. The Kier molecular flexibility index (Phi) is 3.65. The highest BCUT2D eigenvalue weighted by Crippen LogP contribution is 2.32. The lowest BCUT2D eigenvalue weighted by atomic mass is 10.00. The van der Waals surface area contributed by atoms with E-state index in [0.29, 0.717) is 5.69 Å². The van der Waals surface area contributed by atoms with Gasteiger partial charge in [-0.2, -0.15) is 18.3 Å². The fourth-order valence-electron chi connectivity index (χ4n) is 2.06. The normalized spacial score (nSPS) is 11.7. The van der Waals surface area contributed by atoms with Crippen molar-refractivity contribution in [1.29, 1.82) is 0 Å². The Morgan fingerprint density at radius 1 is 1.30 bits per heavy atom. The summed E-state index contributed by atoms with van der Waals surface area (Å²) >= 11 is 0. The van der Waals surface area contributed by atoms with Crippen LogP contribution in [0.4, 0.5) is 13.2 Å². The van der Waals surface area contributed by atoms with Crippen LogP contribution >= 0.6 is 0 Å². The minimum atomic E-state index is -4.53.